The van der Waals surface area contributed by atoms with E-state index < -0.39 is 11.6 Å². The minimum atomic E-state index is -0.577. The second-order valence-corrected chi connectivity index (χ2v) is 4.82. The van der Waals surface area contributed by atoms with Gasteiger partial charge in [-0.05, 0) is 24.6 Å². The minimum absolute atomic E-state index is 0.0894. The Hall–Kier alpha value is -1.20. The summed E-state index contributed by atoms with van der Waals surface area (Å²) in [6.07, 6.45) is -0.361. The fraction of sp³-hybridized carbons (Fsp3) is 0.571. The van der Waals surface area contributed by atoms with Crippen molar-refractivity contribution in [3.05, 3.63) is 29.8 Å². The van der Waals surface area contributed by atoms with Crippen LogP contribution in [0, 0.1) is 17.6 Å². The number of nitrogens with one attached hydrogen (secondary N) is 1. The van der Waals surface area contributed by atoms with Crippen molar-refractivity contribution in [2.45, 2.75) is 20.0 Å². The molecule has 19 heavy (non-hydrogen) atoms. The summed E-state index contributed by atoms with van der Waals surface area (Å²) >= 11 is 0. The Balaban J connectivity index is 2.58. The monoisotopic (exact) mass is 273 g/mol. The lowest BCUT2D eigenvalue weighted by Gasteiger charge is -2.20. The summed E-state index contributed by atoms with van der Waals surface area (Å²) in [4.78, 5) is 0. The molecule has 0 fully saturated rings. The van der Waals surface area contributed by atoms with E-state index in [1.807, 2.05) is 0 Å². The van der Waals surface area contributed by atoms with Crippen LogP contribution in [-0.4, -0.2) is 32.9 Å². The molecule has 0 aliphatic rings. The zero-order valence-corrected chi connectivity index (χ0v) is 11.6. The number of halogens is 2. The van der Waals surface area contributed by atoms with Gasteiger partial charge in [0.1, 0.15) is 11.9 Å². The third-order valence-electron chi connectivity index (χ3n) is 2.46. The predicted octanol–water partition coefficient (Wildman–Crippen LogP) is 2.60. The fourth-order valence-electron chi connectivity index (χ4n) is 1.60. The van der Waals surface area contributed by atoms with Crippen LogP contribution in [0.1, 0.15) is 13.8 Å². The number of benzene rings is 1. The maximum absolute atomic E-state index is 13.5. The first kappa shape index (κ1) is 15.9. The summed E-state index contributed by atoms with van der Waals surface area (Å²) in [6.45, 7) is 5.83. The summed E-state index contributed by atoms with van der Waals surface area (Å²) < 4.78 is 37.0. The van der Waals surface area contributed by atoms with Crippen molar-refractivity contribution in [1.29, 1.82) is 0 Å². The third kappa shape index (κ3) is 5.98. The van der Waals surface area contributed by atoms with Gasteiger partial charge in [-0.2, -0.15) is 0 Å². The molecule has 0 radical (unpaired) electrons. The molecule has 1 N–H and O–H groups in total. The van der Waals surface area contributed by atoms with Crippen LogP contribution in [0.5, 0.6) is 5.75 Å². The third-order valence-corrected chi connectivity index (χ3v) is 2.46. The molecule has 0 bridgehead atoms. The van der Waals surface area contributed by atoms with Crippen LogP contribution in [0.3, 0.4) is 0 Å². The highest BCUT2D eigenvalue weighted by molar-refractivity contribution is 5.25. The molecule has 0 aromatic heterocycles. The molecule has 1 unspecified atom stereocenters. The number of rotatable bonds is 8. The van der Waals surface area contributed by atoms with Gasteiger partial charge in [0.2, 0.25) is 0 Å². The molecule has 0 heterocycles. The second-order valence-electron chi connectivity index (χ2n) is 4.82. The number of hydrogen-bond donors (Lipinski definition) is 1. The highest BCUT2D eigenvalue weighted by Crippen LogP contribution is 2.19. The Morgan fingerprint density at radius 1 is 1.21 bits per heavy atom. The lowest BCUT2D eigenvalue weighted by Crippen LogP contribution is -2.36. The maximum atomic E-state index is 13.5. The van der Waals surface area contributed by atoms with Crippen LogP contribution in [0.25, 0.3) is 0 Å². The smallest absolute Gasteiger partial charge is 0.165 e. The van der Waals surface area contributed by atoms with E-state index in [0.717, 1.165) is 24.7 Å². The molecule has 108 valence electrons. The standard InChI is InChI=1S/C14H21F2NO2/c1-10(2)7-17-8-12(9-18-3)19-14-6-11(15)4-5-13(14)16/h4-6,10,12,17H,7-9H2,1-3H3. The first-order chi connectivity index (χ1) is 9.02. The van der Waals surface area contributed by atoms with Crippen LogP contribution in [0.15, 0.2) is 18.2 Å². The fourth-order valence-corrected chi connectivity index (χ4v) is 1.60. The molecule has 3 nitrogen and oxygen atoms in total. The van der Waals surface area contributed by atoms with Gasteiger partial charge in [-0.3, -0.25) is 0 Å². The Morgan fingerprint density at radius 2 is 1.95 bits per heavy atom. The molecule has 0 spiro atoms. The van der Waals surface area contributed by atoms with Crippen LogP contribution in [0.4, 0.5) is 8.78 Å². The van der Waals surface area contributed by atoms with Crippen LogP contribution < -0.4 is 10.1 Å². The van der Waals surface area contributed by atoms with E-state index in [1.54, 1.807) is 7.11 Å². The SMILES string of the molecule is COCC(CNCC(C)C)Oc1cc(F)ccc1F. The van der Waals surface area contributed by atoms with Crippen LogP contribution in [0.2, 0.25) is 0 Å². The lowest BCUT2D eigenvalue weighted by atomic mass is 10.2. The number of hydrogen-bond acceptors (Lipinski definition) is 3. The largest absolute Gasteiger partial charge is 0.484 e. The van der Waals surface area contributed by atoms with E-state index in [2.05, 4.69) is 19.2 Å². The van der Waals surface area contributed by atoms with Gasteiger partial charge in [-0.15, -0.1) is 0 Å². The zero-order valence-electron chi connectivity index (χ0n) is 11.6. The van der Waals surface area contributed by atoms with Gasteiger partial charge in [0.25, 0.3) is 0 Å². The van der Waals surface area contributed by atoms with Gasteiger partial charge >= 0.3 is 0 Å². The molecule has 0 aliphatic heterocycles. The Labute approximate surface area is 112 Å². The Bertz CT molecular complexity index is 386. The average molecular weight is 273 g/mol. The summed E-state index contributed by atoms with van der Waals surface area (Å²) in [5.41, 5.74) is 0. The quantitative estimate of drug-likeness (QED) is 0.789. The highest BCUT2D eigenvalue weighted by atomic mass is 19.1. The molecule has 0 saturated carbocycles. The van der Waals surface area contributed by atoms with Crippen molar-refractivity contribution in [3.8, 4) is 5.75 Å². The van der Waals surface area contributed by atoms with E-state index >= 15 is 0 Å². The van der Waals surface area contributed by atoms with Crippen molar-refractivity contribution in [2.75, 3.05) is 26.8 Å². The number of ether oxygens (including phenoxy) is 2. The maximum Gasteiger partial charge on any atom is 0.165 e. The second kappa shape index (κ2) is 8.07. The molecular formula is C14H21F2NO2. The Morgan fingerprint density at radius 3 is 2.58 bits per heavy atom. The van der Waals surface area contributed by atoms with Crippen molar-refractivity contribution < 1.29 is 18.3 Å². The lowest BCUT2D eigenvalue weighted by molar-refractivity contribution is 0.0772. The summed E-state index contributed by atoms with van der Waals surface area (Å²) in [5.74, 6) is -0.684. The van der Waals surface area contributed by atoms with Gasteiger partial charge in [-0.25, -0.2) is 8.78 Å². The average Bonchev–Trinajstić information content (AvgIpc) is 2.33. The summed E-state index contributed by atoms with van der Waals surface area (Å²) in [6, 6.07) is 3.15. The predicted molar refractivity (Wildman–Crippen MR) is 70.4 cm³/mol. The van der Waals surface area contributed by atoms with E-state index in [9.17, 15) is 8.78 Å². The molecule has 1 aromatic carbocycles. The van der Waals surface area contributed by atoms with E-state index in [-0.39, 0.29) is 11.9 Å². The Kier molecular flexibility index (Phi) is 6.73. The van der Waals surface area contributed by atoms with Gasteiger partial charge in [0, 0.05) is 19.7 Å². The van der Waals surface area contributed by atoms with Gasteiger partial charge in [0.15, 0.2) is 11.6 Å². The molecule has 1 atom stereocenters. The zero-order chi connectivity index (χ0) is 14.3. The van der Waals surface area contributed by atoms with Crippen molar-refractivity contribution in [2.24, 2.45) is 5.92 Å². The van der Waals surface area contributed by atoms with E-state index in [1.165, 1.54) is 0 Å². The van der Waals surface area contributed by atoms with E-state index in [4.69, 9.17) is 9.47 Å². The molecule has 1 aromatic rings. The molecule has 0 aliphatic carbocycles. The first-order valence-corrected chi connectivity index (χ1v) is 6.34. The first-order valence-electron chi connectivity index (χ1n) is 6.34. The van der Waals surface area contributed by atoms with Crippen LogP contribution >= 0.6 is 0 Å². The van der Waals surface area contributed by atoms with Gasteiger partial charge in [0.05, 0.1) is 6.61 Å². The van der Waals surface area contributed by atoms with Crippen molar-refractivity contribution in [1.82, 2.24) is 5.32 Å². The van der Waals surface area contributed by atoms with Gasteiger partial charge < -0.3 is 14.8 Å². The van der Waals surface area contributed by atoms with Gasteiger partial charge in [-0.1, -0.05) is 13.8 Å². The van der Waals surface area contributed by atoms with Crippen LogP contribution in [-0.2, 0) is 4.74 Å². The topological polar surface area (TPSA) is 30.5 Å². The highest BCUT2D eigenvalue weighted by Gasteiger charge is 2.14. The molecule has 1 rings (SSSR count). The summed E-state index contributed by atoms with van der Waals surface area (Å²) in [5, 5.41) is 3.20. The molecule has 0 saturated heterocycles. The minimum Gasteiger partial charge on any atom is -0.484 e. The van der Waals surface area contributed by atoms with Crippen molar-refractivity contribution >= 4 is 0 Å². The molecule has 0 amide bonds. The van der Waals surface area contributed by atoms with E-state index in [0.29, 0.717) is 19.1 Å². The normalized spacial score (nSPS) is 12.7. The molecule has 5 heteroatoms. The summed E-state index contributed by atoms with van der Waals surface area (Å²) in [7, 11) is 1.54. The molecular weight excluding hydrogens is 252 g/mol. The number of methoxy groups -OCH3 is 1. The van der Waals surface area contributed by atoms with Crippen molar-refractivity contribution in [3.63, 3.8) is 0 Å².